The van der Waals surface area contributed by atoms with Crippen molar-refractivity contribution in [3.8, 4) is 0 Å². The lowest BCUT2D eigenvalue weighted by Crippen LogP contribution is -2.63. The van der Waals surface area contributed by atoms with Gasteiger partial charge in [-0.25, -0.2) is 0 Å². The lowest BCUT2D eigenvalue weighted by molar-refractivity contribution is -0.309. The van der Waals surface area contributed by atoms with Crippen molar-refractivity contribution in [2.24, 2.45) is 0 Å². The number of rotatable bonds is 4. The van der Waals surface area contributed by atoms with E-state index in [-0.39, 0.29) is 5.75 Å². The molecule has 2 rings (SSSR count). The van der Waals surface area contributed by atoms with Gasteiger partial charge in [-0.1, -0.05) is 0 Å². The van der Waals surface area contributed by atoms with Crippen molar-refractivity contribution < 1.29 is 50.3 Å². The molecule has 0 aromatic carbocycles. The number of aliphatic hydroxyl groups excluding tert-OH is 7. The zero-order valence-corrected chi connectivity index (χ0v) is 12.9. The maximum absolute atomic E-state index is 10.2. The molecule has 0 spiro atoms. The van der Waals surface area contributed by atoms with E-state index in [0.717, 1.165) is 11.8 Å². The molecule has 2 aliphatic heterocycles. The first-order valence-corrected chi connectivity index (χ1v) is 8.09. The normalized spacial score (nSPS) is 51.7. The summed E-state index contributed by atoms with van der Waals surface area (Å²) in [4.78, 5) is 0. The minimum absolute atomic E-state index is 0.360. The van der Waals surface area contributed by atoms with Crippen LogP contribution in [-0.4, -0.2) is 114 Å². The average Bonchev–Trinajstić information content (AvgIpc) is 2.54. The van der Waals surface area contributed by atoms with Gasteiger partial charge < -0.3 is 50.3 Å². The van der Waals surface area contributed by atoms with Crippen LogP contribution in [0.15, 0.2) is 0 Å². The maximum Gasteiger partial charge on any atom is 0.204 e. The third-order valence-corrected chi connectivity index (χ3v) is 5.29. The zero-order chi connectivity index (χ0) is 17.4. The smallest absolute Gasteiger partial charge is 0.204 e. The quantitative estimate of drug-likeness (QED) is 0.242. The number of hydrogen-bond donors (Lipinski definition) is 8. The molecule has 2 fully saturated rings. The Morgan fingerprint density at radius 3 is 2.22 bits per heavy atom. The molecule has 2 aliphatic rings. The predicted molar refractivity (Wildman–Crippen MR) is 75.1 cm³/mol. The van der Waals surface area contributed by atoms with E-state index in [0.29, 0.717) is 0 Å². The largest absolute Gasteiger partial charge is 0.394 e. The molecule has 0 radical (unpaired) electrons. The van der Waals surface area contributed by atoms with Gasteiger partial charge in [0.25, 0.3) is 0 Å². The summed E-state index contributed by atoms with van der Waals surface area (Å²) >= 11 is 0.761. The van der Waals surface area contributed by atoms with Crippen LogP contribution in [0.5, 0.6) is 0 Å². The molecule has 0 bridgehead atoms. The molecule has 11 heteroatoms. The molecular formula is C12H22O10S. The second-order valence-corrected chi connectivity index (χ2v) is 6.75. The fourth-order valence-electron chi connectivity index (χ4n) is 2.42. The van der Waals surface area contributed by atoms with Gasteiger partial charge in [0, 0.05) is 0 Å². The first kappa shape index (κ1) is 19.3. The molecule has 0 aromatic rings. The molecule has 10 nitrogen and oxygen atoms in total. The molecule has 136 valence electrons. The van der Waals surface area contributed by atoms with Crippen molar-refractivity contribution >= 4 is 11.8 Å². The van der Waals surface area contributed by atoms with Crippen LogP contribution in [0.25, 0.3) is 0 Å². The summed E-state index contributed by atoms with van der Waals surface area (Å²) < 4.78 is 10.2. The number of ether oxygens (including phenoxy) is 2. The summed E-state index contributed by atoms with van der Waals surface area (Å²) in [6.07, 6.45) is -10.4. The van der Waals surface area contributed by atoms with Crippen LogP contribution in [0.2, 0.25) is 0 Å². The molecule has 0 saturated carbocycles. The SMILES string of the molecule is OC[C@H]1O[C@H](SCC2(O)OC[C@@H](O)[C@@H](O)[C@@H]2O)[C@H](O)[C@@H](O)[C@@H]1O. The molecule has 9 atom stereocenters. The van der Waals surface area contributed by atoms with Gasteiger partial charge in [0.15, 0.2) is 0 Å². The van der Waals surface area contributed by atoms with Crippen LogP contribution in [0, 0.1) is 0 Å². The Morgan fingerprint density at radius 1 is 0.957 bits per heavy atom. The van der Waals surface area contributed by atoms with Gasteiger partial charge in [-0.15, -0.1) is 11.8 Å². The predicted octanol–water partition coefficient (Wildman–Crippen LogP) is -4.68. The third-order valence-electron chi connectivity index (χ3n) is 3.99. The van der Waals surface area contributed by atoms with E-state index in [1.54, 1.807) is 0 Å². The minimum atomic E-state index is -2.19. The molecule has 2 saturated heterocycles. The van der Waals surface area contributed by atoms with E-state index in [9.17, 15) is 35.7 Å². The Balaban J connectivity index is 1.99. The summed E-state index contributed by atoms with van der Waals surface area (Å²) in [7, 11) is 0. The topological polar surface area (TPSA) is 180 Å². The molecule has 0 aliphatic carbocycles. The molecule has 1 unspecified atom stereocenters. The van der Waals surface area contributed by atoms with Gasteiger partial charge in [0.1, 0.15) is 48.2 Å². The second kappa shape index (κ2) is 7.45. The summed E-state index contributed by atoms with van der Waals surface area (Å²) in [5.41, 5.74) is -1.12. The monoisotopic (exact) mass is 358 g/mol. The molecule has 2 heterocycles. The number of thioether (sulfide) groups is 1. The Hall–Kier alpha value is -0.0500. The molecule has 8 N–H and O–H groups in total. The van der Waals surface area contributed by atoms with Gasteiger partial charge in [-0.2, -0.15) is 0 Å². The van der Waals surface area contributed by atoms with E-state index in [1.807, 2.05) is 0 Å². The standard InChI is InChI=1S/C12H22O10S/c13-1-5-7(16)8(17)9(18)11(22-5)23-3-12(20)10(19)6(15)4(14)2-21-12/h4-11,13-20H,1-3H2/t4-,5-,6-,7-,8+,9-,10+,11-,12?/m1/s1. The Bertz CT molecular complexity index is 398. The van der Waals surface area contributed by atoms with Crippen molar-refractivity contribution in [1.82, 2.24) is 0 Å². The lowest BCUT2D eigenvalue weighted by Gasteiger charge is -2.43. The zero-order valence-electron chi connectivity index (χ0n) is 12.0. The van der Waals surface area contributed by atoms with Crippen molar-refractivity contribution in [3.05, 3.63) is 0 Å². The van der Waals surface area contributed by atoms with Crippen LogP contribution < -0.4 is 0 Å². The van der Waals surface area contributed by atoms with Crippen molar-refractivity contribution in [2.75, 3.05) is 19.0 Å². The van der Waals surface area contributed by atoms with Crippen molar-refractivity contribution in [3.63, 3.8) is 0 Å². The van der Waals surface area contributed by atoms with E-state index in [4.69, 9.17) is 14.6 Å². The highest BCUT2D eigenvalue weighted by molar-refractivity contribution is 7.99. The Morgan fingerprint density at radius 2 is 1.61 bits per heavy atom. The Labute approximate surface area is 135 Å². The highest BCUT2D eigenvalue weighted by atomic mass is 32.2. The summed E-state index contributed by atoms with van der Waals surface area (Å²) in [6, 6.07) is 0. The fourth-order valence-corrected chi connectivity index (χ4v) is 3.66. The number of hydrogen-bond acceptors (Lipinski definition) is 11. The van der Waals surface area contributed by atoms with Crippen LogP contribution in [0.4, 0.5) is 0 Å². The van der Waals surface area contributed by atoms with Crippen molar-refractivity contribution in [2.45, 2.75) is 54.0 Å². The fraction of sp³-hybridized carbons (Fsp3) is 1.00. The molecule has 0 aromatic heterocycles. The second-order valence-electron chi connectivity index (χ2n) is 5.67. The average molecular weight is 358 g/mol. The molecular weight excluding hydrogens is 336 g/mol. The summed E-state index contributed by atoms with van der Waals surface area (Å²) in [5.74, 6) is -2.55. The van der Waals surface area contributed by atoms with Gasteiger partial charge in [0.05, 0.1) is 19.0 Å². The van der Waals surface area contributed by atoms with Gasteiger partial charge >= 0.3 is 0 Å². The van der Waals surface area contributed by atoms with E-state index in [2.05, 4.69) is 0 Å². The first-order valence-electron chi connectivity index (χ1n) is 7.04. The molecule has 0 amide bonds. The van der Waals surface area contributed by atoms with E-state index in [1.165, 1.54) is 0 Å². The summed E-state index contributed by atoms with van der Waals surface area (Å²) in [6.45, 7) is -0.986. The van der Waals surface area contributed by atoms with Gasteiger partial charge in [-0.3, -0.25) is 0 Å². The van der Waals surface area contributed by atoms with E-state index < -0.39 is 67.2 Å². The van der Waals surface area contributed by atoms with Crippen LogP contribution in [-0.2, 0) is 9.47 Å². The number of aliphatic hydroxyl groups is 8. The maximum atomic E-state index is 10.2. The van der Waals surface area contributed by atoms with E-state index >= 15 is 0 Å². The highest BCUT2D eigenvalue weighted by Gasteiger charge is 2.50. The first-order chi connectivity index (χ1) is 10.7. The van der Waals surface area contributed by atoms with Gasteiger partial charge in [-0.05, 0) is 0 Å². The van der Waals surface area contributed by atoms with Crippen LogP contribution in [0.1, 0.15) is 0 Å². The van der Waals surface area contributed by atoms with Gasteiger partial charge in [0.2, 0.25) is 5.79 Å². The third kappa shape index (κ3) is 3.80. The molecule has 23 heavy (non-hydrogen) atoms. The minimum Gasteiger partial charge on any atom is -0.394 e. The van der Waals surface area contributed by atoms with Crippen LogP contribution >= 0.6 is 11.8 Å². The Kier molecular flexibility index (Phi) is 6.25. The lowest BCUT2D eigenvalue weighted by atomic mass is 9.98. The van der Waals surface area contributed by atoms with Crippen molar-refractivity contribution in [1.29, 1.82) is 0 Å². The van der Waals surface area contributed by atoms with Crippen LogP contribution in [0.3, 0.4) is 0 Å². The summed E-state index contributed by atoms with van der Waals surface area (Å²) in [5, 5.41) is 77.3. The highest BCUT2D eigenvalue weighted by Crippen LogP contribution is 2.33.